The fraction of sp³-hybridized carbons (Fsp3) is 0.400. The highest BCUT2D eigenvalue weighted by molar-refractivity contribution is 7.99. The van der Waals surface area contributed by atoms with Crippen LogP contribution in [0.5, 0.6) is 0 Å². The quantitative estimate of drug-likeness (QED) is 0.825. The zero-order chi connectivity index (χ0) is 13.3. The lowest BCUT2D eigenvalue weighted by molar-refractivity contribution is 0.536. The van der Waals surface area contributed by atoms with Crippen molar-refractivity contribution in [3.63, 3.8) is 0 Å². The van der Waals surface area contributed by atoms with Crippen molar-refractivity contribution in [2.75, 3.05) is 17.2 Å². The molecule has 0 amide bonds. The monoisotopic (exact) mass is 294 g/mol. The Hall–Kier alpha value is -0.860. The summed E-state index contributed by atoms with van der Waals surface area (Å²) in [5.41, 5.74) is 4.87. The van der Waals surface area contributed by atoms with Crippen LogP contribution in [0.3, 0.4) is 0 Å². The predicted octanol–water partition coefficient (Wildman–Crippen LogP) is 1.33. The second-order valence-corrected chi connectivity index (χ2v) is 6.82. The van der Waals surface area contributed by atoms with Crippen LogP contribution in [0.4, 0.5) is 14.5 Å². The summed E-state index contributed by atoms with van der Waals surface area (Å²) in [7, 11) is -4.00. The van der Waals surface area contributed by atoms with Crippen LogP contribution >= 0.6 is 11.8 Å². The van der Waals surface area contributed by atoms with E-state index in [2.05, 4.69) is 4.72 Å². The summed E-state index contributed by atoms with van der Waals surface area (Å²) in [6.45, 7) is 0. The molecule has 0 aliphatic carbocycles. The molecule has 1 fully saturated rings. The third kappa shape index (κ3) is 2.76. The fourth-order valence-corrected chi connectivity index (χ4v) is 4.28. The van der Waals surface area contributed by atoms with E-state index in [-0.39, 0.29) is 6.04 Å². The van der Waals surface area contributed by atoms with Crippen molar-refractivity contribution in [2.24, 2.45) is 0 Å². The third-order valence-electron chi connectivity index (χ3n) is 2.59. The van der Waals surface area contributed by atoms with Crippen molar-refractivity contribution in [3.8, 4) is 0 Å². The summed E-state index contributed by atoms with van der Waals surface area (Å²) >= 11 is 1.62. The SMILES string of the molecule is Nc1cc(S(=O)(=O)NC2CCSC2)c(F)cc1F. The van der Waals surface area contributed by atoms with E-state index in [1.807, 2.05) is 0 Å². The smallest absolute Gasteiger partial charge is 0.243 e. The Labute approximate surface area is 108 Å². The Bertz CT molecular complexity index is 557. The Kier molecular flexibility index (Phi) is 3.79. The van der Waals surface area contributed by atoms with Gasteiger partial charge in [-0.25, -0.2) is 21.9 Å². The van der Waals surface area contributed by atoms with Gasteiger partial charge < -0.3 is 5.73 Å². The van der Waals surface area contributed by atoms with Crippen LogP contribution in [-0.2, 0) is 10.0 Å². The van der Waals surface area contributed by atoms with E-state index in [1.165, 1.54) is 0 Å². The molecule has 1 heterocycles. The van der Waals surface area contributed by atoms with Gasteiger partial charge in [0.05, 0.1) is 5.69 Å². The molecule has 1 saturated heterocycles. The van der Waals surface area contributed by atoms with Crippen molar-refractivity contribution < 1.29 is 17.2 Å². The normalized spacial score (nSPS) is 20.2. The van der Waals surface area contributed by atoms with E-state index in [1.54, 1.807) is 11.8 Å². The lowest BCUT2D eigenvalue weighted by atomic mass is 10.3. The number of thioether (sulfide) groups is 1. The van der Waals surface area contributed by atoms with Crippen molar-refractivity contribution in [3.05, 3.63) is 23.8 Å². The first kappa shape index (κ1) is 13.6. The summed E-state index contributed by atoms with van der Waals surface area (Å²) in [6, 6.07) is 1.06. The standard InChI is InChI=1S/C10H12F2N2O2S2/c11-7-3-8(12)10(4-9(7)13)18(15,16)14-6-1-2-17-5-6/h3-4,6,14H,1-2,5,13H2. The van der Waals surface area contributed by atoms with Crippen molar-refractivity contribution in [1.29, 1.82) is 0 Å². The highest BCUT2D eigenvalue weighted by Gasteiger charge is 2.26. The van der Waals surface area contributed by atoms with Gasteiger partial charge >= 0.3 is 0 Å². The molecular weight excluding hydrogens is 282 g/mol. The summed E-state index contributed by atoms with van der Waals surface area (Å²) in [5, 5.41) is 0. The number of nitrogens with one attached hydrogen (secondary N) is 1. The molecule has 1 aliphatic heterocycles. The third-order valence-corrected chi connectivity index (χ3v) is 5.29. The largest absolute Gasteiger partial charge is 0.396 e. The molecule has 8 heteroatoms. The molecule has 0 bridgehead atoms. The van der Waals surface area contributed by atoms with Gasteiger partial charge in [0.1, 0.15) is 16.5 Å². The van der Waals surface area contributed by atoms with Crippen molar-refractivity contribution in [1.82, 2.24) is 4.72 Å². The molecule has 1 aromatic carbocycles. The van der Waals surface area contributed by atoms with Gasteiger partial charge in [-0.1, -0.05) is 0 Å². The first-order chi connectivity index (χ1) is 8.40. The van der Waals surface area contributed by atoms with E-state index in [0.29, 0.717) is 18.2 Å². The maximum absolute atomic E-state index is 13.5. The Morgan fingerprint density at radius 1 is 1.33 bits per heavy atom. The van der Waals surface area contributed by atoms with Crippen LogP contribution in [0.15, 0.2) is 17.0 Å². The number of hydrogen-bond acceptors (Lipinski definition) is 4. The van der Waals surface area contributed by atoms with Crippen LogP contribution in [0, 0.1) is 11.6 Å². The van der Waals surface area contributed by atoms with Crippen molar-refractivity contribution >= 4 is 27.5 Å². The molecule has 1 unspecified atom stereocenters. The van der Waals surface area contributed by atoms with E-state index in [9.17, 15) is 17.2 Å². The van der Waals surface area contributed by atoms with Gasteiger partial charge in [-0.3, -0.25) is 0 Å². The zero-order valence-electron chi connectivity index (χ0n) is 9.32. The second-order valence-electron chi connectivity index (χ2n) is 3.99. The van der Waals surface area contributed by atoms with E-state index >= 15 is 0 Å². The number of anilines is 1. The highest BCUT2D eigenvalue weighted by Crippen LogP contribution is 2.23. The van der Waals surface area contributed by atoms with Crippen molar-refractivity contribution in [2.45, 2.75) is 17.4 Å². The molecule has 1 aromatic rings. The topological polar surface area (TPSA) is 72.2 Å². The lowest BCUT2D eigenvalue weighted by Gasteiger charge is -2.13. The van der Waals surface area contributed by atoms with Gasteiger partial charge in [-0.15, -0.1) is 0 Å². The minimum atomic E-state index is -4.00. The molecule has 3 N–H and O–H groups in total. The molecule has 0 radical (unpaired) electrons. The number of halogens is 2. The number of benzene rings is 1. The summed E-state index contributed by atoms with van der Waals surface area (Å²) < 4.78 is 52.7. The van der Waals surface area contributed by atoms with Crippen LogP contribution in [0.1, 0.15) is 6.42 Å². The molecule has 1 aliphatic rings. The predicted molar refractivity (Wildman–Crippen MR) is 66.8 cm³/mol. The molecule has 18 heavy (non-hydrogen) atoms. The van der Waals surface area contributed by atoms with Gasteiger partial charge in [-0.2, -0.15) is 11.8 Å². The molecule has 2 rings (SSSR count). The van der Waals surface area contributed by atoms with Gasteiger partial charge in [0.2, 0.25) is 10.0 Å². The maximum Gasteiger partial charge on any atom is 0.243 e. The summed E-state index contributed by atoms with van der Waals surface area (Å²) in [6.07, 6.45) is 0.697. The summed E-state index contributed by atoms with van der Waals surface area (Å²) in [4.78, 5) is -0.613. The van der Waals surface area contributed by atoms with E-state index in [4.69, 9.17) is 5.73 Å². The van der Waals surface area contributed by atoms with Gasteiger partial charge in [-0.05, 0) is 18.2 Å². The molecule has 0 aromatic heterocycles. The number of rotatable bonds is 3. The van der Waals surface area contributed by atoms with Crippen LogP contribution in [0.25, 0.3) is 0 Å². The lowest BCUT2D eigenvalue weighted by Crippen LogP contribution is -2.35. The molecule has 0 spiro atoms. The average Bonchev–Trinajstić information content (AvgIpc) is 2.75. The molecule has 0 saturated carbocycles. The number of nitrogen functional groups attached to an aromatic ring is 1. The number of hydrogen-bond donors (Lipinski definition) is 2. The van der Waals surface area contributed by atoms with Crippen LogP contribution in [0.2, 0.25) is 0 Å². The summed E-state index contributed by atoms with van der Waals surface area (Å²) in [5.74, 6) is -0.596. The fourth-order valence-electron chi connectivity index (χ4n) is 1.66. The average molecular weight is 294 g/mol. The number of sulfonamides is 1. The van der Waals surface area contributed by atoms with Gasteiger partial charge in [0, 0.05) is 17.9 Å². The first-order valence-corrected chi connectivity index (χ1v) is 7.88. The molecule has 4 nitrogen and oxygen atoms in total. The van der Waals surface area contributed by atoms with E-state index < -0.39 is 32.2 Å². The van der Waals surface area contributed by atoms with Crippen LogP contribution in [-0.4, -0.2) is 26.0 Å². The maximum atomic E-state index is 13.5. The second kappa shape index (κ2) is 5.02. The molecule has 100 valence electrons. The Balaban J connectivity index is 2.31. The molecule has 1 atom stereocenters. The van der Waals surface area contributed by atoms with Crippen LogP contribution < -0.4 is 10.5 Å². The molecular formula is C10H12F2N2O2S2. The minimum Gasteiger partial charge on any atom is -0.396 e. The Morgan fingerprint density at radius 3 is 2.67 bits per heavy atom. The Morgan fingerprint density at radius 2 is 2.06 bits per heavy atom. The highest BCUT2D eigenvalue weighted by atomic mass is 32.2. The minimum absolute atomic E-state index is 0.217. The zero-order valence-corrected chi connectivity index (χ0v) is 11.0. The first-order valence-electron chi connectivity index (χ1n) is 5.25. The number of nitrogens with two attached hydrogens (primary N) is 1. The van der Waals surface area contributed by atoms with Gasteiger partial charge in [0.25, 0.3) is 0 Å². The van der Waals surface area contributed by atoms with E-state index in [0.717, 1.165) is 11.8 Å². The van der Waals surface area contributed by atoms with Gasteiger partial charge in [0.15, 0.2) is 0 Å².